The first-order chi connectivity index (χ1) is 8.51. The fourth-order valence-electron chi connectivity index (χ4n) is 1.90. The number of nitrogens with zero attached hydrogens (tertiary/aromatic N) is 2. The monoisotopic (exact) mass is 248 g/mol. The Labute approximate surface area is 105 Å². The molecule has 0 spiro atoms. The Morgan fingerprint density at radius 1 is 1.44 bits per heavy atom. The Balaban J connectivity index is 2.25. The van der Waals surface area contributed by atoms with Gasteiger partial charge in [-0.2, -0.15) is 5.10 Å². The van der Waals surface area contributed by atoms with Gasteiger partial charge in [-0.25, -0.2) is 5.84 Å². The van der Waals surface area contributed by atoms with Crippen LogP contribution in [0.1, 0.15) is 33.3 Å². The molecule has 0 aromatic carbocycles. The second-order valence-electron chi connectivity index (χ2n) is 4.28. The van der Waals surface area contributed by atoms with Crippen molar-refractivity contribution in [1.82, 2.24) is 15.2 Å². The predicted octanol–water partition coefficient (Wildman–Crippen LogP) is 1.05. The van der Waals surface area contributed by atoms with Crippen molar-refractivity contribution in [3.63, 3.8) is 0 Å². The molecule has 0 atom stereocenters. The number of nitrogens with two attached hydrogens (primary N) is 1. The van der Waals surface area contributed by atoms with Gasteiger partial charge in [0.1, 0.15) is 5.76 Å². The molecule has 0 radical (unpaired) electrons. The highest BCUT2D eigenvalue weighted by Gasteiger charge is 2.15. The zero-order valence-corrected chi connectivity index (χ0v) is 10.7. The number of carbonyl (C=O) groups excluding carboxylic acids is 1. The summed E-state index contributed by atoms with van der Waals surface area (Å²) in [7, 11) is 0. The van der Waals surface area contributed by atoms with Gasteiger partial charge in [0.2, 0.25) is 0 Å². The van der Waals surface area contributed by atoms with E-state index in [1.807, 2.05) is 30.7 Å². The number of nitrogen functional groups attached to an aromatic ring is 1. The van der Waals surface area contributed by atoms with Crippen LogP contribution in [0.25, 0.3) is 0 Å². The van der Waals surface area contributed by atoms with E-state index in [0.717, 1.165) is 17.0 Å². The summed E-state index contributed by atoms with van der Waals surface area (Å²) in [6, 6.07) is 3.81. The zero-order chi connectivity index (χ0) is 13.3. The van der Waals surface area contributed by atoms with Gasteiger partial charge in [-0.3, -0.25) is 14.9 Å². The lowest BCUT2D eigenvalue weighted by molar-refractivity contribution is 0.0923. The highest BCUT2D eigenvalue weighted by Crippen LogP contribution is 2.16. The first kappa shape index (κ1) is 12.4. The minimum Gasteiger partial charge on any atom is -0.454 e. The van der Waals surface area contributed by atoms with Gasteiger partial charge in [0.25, 0.3) is 0 Å². The summed E-state index contributed by atoms with van der Waals surface area (Å²) in [6.45, 7) is 6.21. The third-order valence-electron chi connectivity index (χ3n) is 2.72. The van der Waals surface area contributed by atoms with Crippen molar-refractivity contribution < 1.29 is 9.21 Å². The highest BCUT2D eigenvalue weighted by molar-refractivity contribution is 5.92. The number of rotatable bonds is 3. The smallest absolute Gasteiger partial charge is 0.301 e. The largest absolute Gasteiger partial charge is 0.454 e. The van der Waals surface area contributed by atoms with Gasteiger partial charge in [0.15, 0.2) is 5.76 Å². The van der Waals surface area contributed by atoms with Crippen molar-refractivity contribution in [3.8, 4) is 0 Å². The lowest BCUT2D eigenvalue weighted by atomic mass is 10.2. The van der Waals surface area contributed by atoms with E-state index < -0.39 is 5.91 Å². The molecule has 0 bridgehead atoms. The molecule has 2 aromatic heterocycles. The fourth-order valence-corrected chi connectivity index (χ4v) is 1.90. The van der Waals surface area contributed by atoms with Crippen LogP contribution in [0.5, 0.6) is 0 Å². The molecule has 0 unspecified atom stereocenters. The molecule has 2 heterocycles. The molecular formula is C12H16N4O2. The van der Waals surface area contributed by atoms with Crippen LogP contribution in [0, 0.1) is 20.8 Å². The van der Waals surface area contributed by atoms with Crippen molar-refractivity contribution >= 4 is 5.91 Å². The molecule has 0 saturated carbocycles. The number of hydrogen-bond donors (Lipinski definition) is 2. The minimum atomic E-state index is -0.424. The number of aryl methyl sites for hydroxylation is 3. The molecule has 0 aliphatic heterocycles. The Morgan fingerprint density at radius 3 is 2.72 bits per heavy atom. The van der Waals surface area contributed by atoms with Crippen molar-refractivity contribution in [2.24, 2.45) is 5.84 Å². The van der Waals surface area contributed by atoms with Gasteiger partial charge >= 0.3 is 5.91 Å². The molecule has 6 heteroatoms. The van der Waals surface area contributed by atoms with Gasteiger partial charge in [0, 0.05) is 11.3 Å². The number of aromatic nitrogens is 2. The molecule has 0 aliphatic rings. The van der Waals surface area contributed by atoms with Crippen molar-refractivity contribution in [1.29, 1.82) is 0 Å². The second kappa shape index (κ2) is 4.66. The van der Waals surface area contributed by atoms with E-state index in [1.165, 1.54) is 0 Å². The van der Waals surface area contributed by atoms with Crippen LogP contribution in [-0.2, 0) is 6.54 Å². The lowest BCUT2D eigenvalue weighted by Gasteiger charge is -2.01. The summed E-state index contributed by atoms with van der Waals surface area (Å²) in [5, 5.41) is 4.34. The third-order valence-corrected chi connectivity index (χ3v) is 2.72. The molecule has 96 valence electrons. The SMILES string of the molecule is Cc1cc(C)n(Cc2cc(C)c(C(=O)NN)o2)n1. The van der Waals surface area contributed by atoms with Crippen LogP contribution >= 0.6 is 0 Å². The normalized spacial score (nSPS) is 10.7. The van der Waals surface area contributed by atoms with E-state index in [-0.39, 0.29) is 5.76 Å². The molecule has 0 aliphatic carbocycles. The maximum atomic E-state index is 11.4. The average Bonchev–Trinajstić information content (AvgIpc) is 2.82. The first-order valence-corrected chi connectivity index (χ1v) is 5.62. The van der Waals surface area contributed by atoms with Crippen LogP contribution < -0.4 is 11.3 Å². The van der Waals surface area contributed by atoms with Gasteiger partial charge in [-0.05, 0) is 32.9 Å². The van der Waals surface area contributed by atoms with Crippen LogP contribution in [0.2, 0.25) is 0 Å². The maximum Gasteiger partial charge on any atom is 0.301 e. The van der Waals surface area contributed by atoms with E-state index in [9.17, 15) is 4.79 Å². The van der Waals surface area contributed by atoms with Crippen LogP contribution in [-0.4, -0.2) is 15.7 Å². The van der Waals surface area contributed by atoms with E-state index in [4.69, 9.17) is 10.3 Å². The summed E-state index contributed by atoms with van der Waals surface area (Å²) in [5.41, 5.74) is 4.82. The molecule has 2 aromatic rings. The number of carbonyl (C=O) groups is 1. The van der Waals surface area contributed by atoms with E-state index in [2.05, 4.69) is 10.5 Å². The van der Waals surface area contributed by atoms with Gasteiger partial charge in [-0.1, -0.05) is 0 Å². The number of hydrazine groups is 1. The summed E-state index contributed by atoms with van der Waals surface area (Å²) < 4.78 is 7.31. The van der Waals surface area contributed by atoms with E-state index >= 15 is 0 Å². The maximum absolute atomic E-state index is 11.4. The molecule has 18 heavy (non-hydrogen) atoms. The summed E-state index contributed by atoms with van der Waals surface area (Å²) in [5.74, 6) is 5.58. The summed E-state index contributed by atoms with van der Waals surface area (Å²) in [4.78, 5) is 11.4. The summed E-state index contributed by atoms with van der Waals surface area (Å²) >= 11 is 0. The molecule has 0 saturated heterocycles. The predicted molar refractivity (Wildman–Crippen MR) is 65.9 cm³/mol. The molecule has 1 amide bonds. The average molecular weight is 248 g/mol. The molecule has 6 nitrogen and oxygen atoms in total. The van der Waals surface area contributed by atoms with Crippen LogP contribution in [0.4, 0.5) is 0 Å². The van der Waals surface area contributed by atoms with E-state index in [1.54, 1.807) is 6.92 Å². The van der Waals surface area contributed by atoms with Crippen molar-refractivity contribution in [2.75, 3.05) is 0 Å². The van der Waals surface area contributed by atoms with Crippen molar-refractivity contribution in [2.45, 2.75) is 27.3 Å². The zero-order valence-electron chi connectivity index (χ0n) is 10.7. The highest BCUT2D eigenvalue weighted by atomic mass is 16.4. The molecule has 0 fully saturated rings. The number of nitrogens with one attached hydrogen (secondary N) is 1. The van der Waals surface area contributed by atoms with Crippen molar-refractivity contribution in [3.05, 3.63) is 40.6 Å². The lowest BCUT2D eigenvalue weighted by Crippen LogP contribution is -2.30. The molecule has 2 rings (SSSR count). The summed E-state index contributed by atoms with van der Waals surface area (Å²) in [6.07, 6.45) is 0. The van der Waals surface area contributed by atoms with Crippen LogP contribution in [0.3, 0.4) is 0 Å². The topological polar surface area (TPSA) is 86.1 Å². The van der Waals surface area contributed by atoms with E-state index in [0.29, 0.717) is 12.3 Å². The first-order valence-electron chi connectivity index (χ1n) is 5.62. The Morgan fingerprint density at radius 2 is 2.17 bits per heavy atom. The minimum absolute atomic E-state index is 0.244. The molecule has 3 N–H and O–H groups in total. The Hall–Kier alpha value is -2.08. The number of furan rings is 1. The molecular weight excluding hydrogens is 232 g/mol. The number of hydrogen-bond acceptors (Lipinski definition) is 4. The van der Waals surface area contributed by atoms with Gasteiger partial charge < -0.3 is 4.42 Å². The fraction of sp³-hybridized carbons (Fsp3) is 0.333. The second-order valence-corrected chi connectivity index (χ2v) is 4.28. The Bertz CT molecular complexity index is 583. The van der Waals surface area contributed by atoms with Gasteiger partial charge in [-0.15, -0.1) is 0 Å². The van der Waals surface area contributed by atoms with Crippen LogP contribution in [0.15, 0.2) is 16.5 Å². The quantitative estimate of drug-likeness (QED) is 0.483. The Kier molecular flexibility index (Phi) is 3.20. The third kappa shape index (κ3) is 2.28. The number of amides is 1. The standard InChI is InChI=1S/C12H16N4O2/c1-7-4-10(18-11(7)12(17)14-13)6-16-9(3)5-8(2)15-16/h4-5H,6,13H2,1-3H3,(H,14,17). The van der Waals surface area contributed by atoms with Gasteiger partial charge in [0.05, 0.1) is 12.2 Å².